The van der Waals surface area contributed by atoms with E-state index in [1.807, 2.05) is 0 Å². The number of nitrogens with zero attached hydrogens (tertiary/aromatic N) is 2. The van der Waals surface area contributed by atoms with Crippen LogP contribution in [0.1, 0.15) is 20.7 Å². The summed E-state index contributed by atoms with van der Waals surface area (Å²) in [6.45, 7) is 0. The summed E-state index contributed by atoms with van der Waals surface area (Å²) in [6, 6.07) is 15.1. The van der Waals surface area contributed by atoms with Crippen molar-refractivity contribution in [1.82, 2.24) is 10.2 Å². The predicted octanol–water partition coefficient (Wildman–Crippen LogP) is 3.40. The Morgan fingerprint density at radius 1 is 0.926 bits per heavy atom. The number of hydrogen-bond acceptors (Lipinski definition) is 6. The van der Waals surface area contributed by atoms with Crippen molar-refractivity contribution in [3.63, 3.8) is 0 Å². The highest BCUT2D eigenvalue weighted by atomic mass is 19.1. The normalized spacial score (nSPS) is 10.1. The van der Waals surface area contributed by atoms with Gasteiger partial charge in [0.2, 0.25) is 0 Å². The first-order chi connectivity index (χ1) is 13.0. The Balaban J connectivity index is 1.66. The van der Waals surface area contributed by atoms with Gasteiger partial charge >= 0.3 is 5.97 Å². The molecular weight excluding hydrogens is 351 g/mol. The molecule has 1 heterocycles. The fourth-order valence-corrected chi connectivity index (χ4v) is 2.25. The van der Waals surface area contributed by atoms with Crippen LogP contribution in [-0.2, 0) is 4.74 Å². The summed E-state index contributed by atoms with van der Waals surface area (Å²) in [7, 11) is 1.31. The molecule has 0 aliphatic rings. The smallest absolute Gasteiger partial charge is 0.337 e. The number of benzene rings is 2. The van der Waals surface area contributed by atoms with Crippen molar-refractivity contribution in [2.45, 2.75) is 0 Å². The molecule has 2 aromatic carbocycles. The highest BCUT2D eigenvalue weighted by molar-refractivity contribution is 6.03. The molecule has 0 fully saturated rings. The molecule has 8 heteroatoms. The zero-order valence-electron chi connectivity index (χ0n) is 14.3. The van der Waals surface area contributed by atoms with Crippen LogP contribution in [0.3, 0.4) is 0 Å². The zero-order chi connectivity index (χ0) is 19.2. The minimum Gasteiger partial charge on any atom is -0.465 e. The zero-order valence-corrected chi connectivity index (χ0v) is 14.3. The van der Waals surface area contributed by atoms with Crippen molar-refractivity contribution < 1.29 is 18.7 Å². The van der Waals surface area contributed by atoms with Gasteiger partial charge in [-0.15, -0.1) is 10.2 Å². The standard InChI is InChI=1S/C19H15FN4O3/c1-27-19(26)13-3-2-4-15(11-13)21-16-9-10-17(24-23-16)22-18(25)12-5-7-14(20)8-6-12/h2-11H,1H3,(H,21,23)(H,22,24,25). The van der Waals surface area contributed by atoms with Crippen molar-refractivity contribution >= 4 is 29.2 Å². The number of hydrogen-bond donors (Lipinski definition) is 2. The van der Waals surface area contributed by atoms with Crippen LogP contribution in [0, 0.1) is 5.82 Å². The van der Waals surface area contributed by atoms with Crippen LogP contribution < -0.4 is 10.6 Å². The fraction of sp³-hybridized carbons (Fsp3) is 0.0526. The molecule has 0 unspecified atom stereocenters. The number of esters is 1. The Morgan fingerprint density at radius 3 is 2.30 bits per heavy atom. The first-order valence-electron chi connectivity index (χ1n) is 7.91. The largest absolute Gasteiger partial charge is 0.465 e. The fourth-order valence-electron chi connectivity index (χ4n) is 2.25. The summed E-state index contributed by atoms with van der Waals surface area (Å²) in [4.78, 5) is 23.6. The number of rotatable bonds is 5. The number of carbonyl (C=O) groups is 2. The van der Waals surface area contributed by atoms with Crippen LogP contribution in [0.25, 0.3) is 0 Å². The van der Waals surface area contributed by atoms with Gasteiger partial charge in [0.25, 0.3) is 5.91 Å². The van der Waals surface area contributed by atoms with Gasteiger partial charge in [-0.05, 0) is 54.6 Å². The Morgan fingerprint density at radius 2 is 1.63 bits per heavy atom. The number of methoxy groups -OCH3 is 1. The van der Waals surface area contributed by atoms with Crippen molar-refractivity contribution in [2.75, 3.05) is 17.7 Å². The van der Waals surface area contributed by atoms with E-state index < -0.39 is 17.7 Å². The second-order valence-corrected chi connectivity index (χ2v) is 5.46. The van der Waals surface area contributed by atoms with Gasteiger partial charge in [0.05, 0.1) is 12.7 Å². The van der Waals surface area contributed by atoms with E-state index in [0.29, 0.717) is 22.6 Å². The molecule has 3 aromatic rings. The van der Waals surface area contributed by atoms with E-state index >= 15 is 0 Å². The SMILES string of the molecule is COC(=O)c1cccc(Nc2ccc(NC(=O)c3ccc(F)cc3)nn2)c1. The average molecular weight is 366 g/mol. The molecule has 27 heavy (non-hydrogen) atoms. The molecule has 0 aliphatic heterocycles. The Labute approximate surface area is 154 Å². The van der Waals surface area contributed by atoms with E-state index in [1.54, 1.807) is 36.4 Å². The maximum Gasteiger partial charge on any atom is 0.337 e. The minimum absolute atomic E-state index is 0.248. The van der Waals surface area contributed by atoms with Gasteiger partial charge in [0, 0.05) is 11.3 Å². The Hall–Kier alpha value is -3.81. The first kappa shape index (κ1) is 18.0. The summed E-state index contributed by atoms with van der Waals surface area (Å²) in [5.41, 5.74) is 1.34. The quantitative estimate of drug-likeness (QED) is 0.672. The molecule has 0 saturated carbocycles. The highest BCUT2D eigenvalue weighted by Crippen LogP contribution is 2.17. The van der Waals surface area contributed by atoms with Crippen LogP contribution in [0.2, 0.25) is 0 Å². The van der Waals surface area contributed by atoms with Gasteiger partial charge in [-0.25, -0.2) is 9.18 Å². The van der Waals surface area contributed by atoms with Gasteiger partial charge in [-0.2, -0.15) is 0 Å². The molecule has 0 atom stereocenters. The van der Waals surface area contributed by atoms with Crippen LogP contribution >= 0.6 is 0 Å². The number of anilines is 3. The van der Waals surface area contributed by atoms with E-state index in [2.05, 4.69) is 25.6 Å². The van der Waals surface area contributed by atoms with Crippen molar-refractivity contribution in [1.29, 1.82) is 0 Å². The van der Waals surface area contributed by atoms with E-state index in [0.717, 1.165) is 0 Å². The molecule has 1 aromatic heterocycles. The molecule has 2 N–H and O–H groups in total. The molecule has 0 bridgehead atoms. The summed E-state index contributed by atoms with van der Waals surface area (Å²) in [5, 5.41) is 13.5. The number of halogens is 1. The molecule has 7 nitrogen and oxygen atoms in total. The van der Waals surface area contributed by atoms with E-state index in [1.165, 1.54) is 31.4 Å². The van der Waals surface area contributed by atoms with Crippen LogP contribution in [-0.4, -0.2) is 29.2 Å². The van der Waals surface area contributed by atoms with Crippen molar-refractivity contribution in [3.8, 4) is 0 Å². The van der Waals surface area contributed by atoms with Gasteiger partial charge in [-0.1, -0.05) is 6.07 Å². The minimum atomic E-state index is -0.441. The molecule has 0 aliphatic carbocycles. The number of aromatic nitrogens is 2. The maximum atomic E-state index is 12.9. The summed E-state index contributed by atoms with van der Waals surface area (Å²) in [5.74, 6) is -0.604. The molecular formula is C19H15FN4O3. The number of amides is 1. The van der Waals surface area contributed by atoms with Crippen molar-refractivity contribution in [2.24, 2.45) is 0 Å². The van der Waals surface area contributed by atoms with Gasteiger partial charge in [0.1, 0.15) is 5.82 Å². The third-order valence-electron chi connectivity index (χ3n) is 3.57. The molecule has 0 radical (unpaired) electrons. The molecule has 0 saturated heterocycles. The topological polar surface area (TPSA) is 93.2 Å². The predicted molar refractivity (Wildman–Crippen MR) is 97.4 cm³/mol. The number of carbonyl (C=O) groups excluding carboxylic acids is 2. The van der Waals surface area contributed by atoms with E-state index in [4.69, 9.17) is 0 Å². The number of nitrogens with one attached hydrogen (secondary N) is 2. The lowest BCUT2D eigenvalue weighted by Gasteiger charge is -2.08. The summed E-state index contributed by atoms with van der Waals surface area (Å²) < 4.78 is 17.6. The van der Waals surface area contributed by atoms with Gasteiger partial charge in [-0.3, -0.25) is 4.79 Å². The molecule has 136 valence electrons. The summed E-state index contributed by atoms with van der Waals surface area (Å²) >= 11 is 0. The lowest BCUT2D eigenvalue weighted by atomic mass is 10.2. The Kier molecular flexibility index (Phi) is 5.36. The third kappa shape index (κ3) is 4.63. The Bertz CT molecular complexity index is 959. The first-order valence-corrected chi connectivity index (χ1v) is 7.91. The second kappa shape index (κ2) is 8.05. The lowest BCUT2D eigenvalue weighted by Crippen LogP contribution is -2.13. The van der Waals surface area contributed by atoms with Crippen LogP contribution in [0.15, 0.2) is 60.7 Å². The van der Waals surface area contributed by atoms with Crippen LogP contribution in [0.4, 0.5) is 21.7 Å². The monoisotopic (exact) mass is 366 g/mol. The molecule has 1 amide bonds. The lowest BCUT2D eigenvalue weighted by molar-refractivity contribution is 0.0600. The molecule has 0 spiro atoms. The number of ether oxygens (including phenoxy) is 1. The second-order valence-electron chi connectivity index (χ2n) is 5.46. The van der Waals surface area contributed by atoms with Crippen molar-refractivity contribution in [3.05, 3.63) is 77.6 Å². The van der Waals surface area contributed by atoms with Gasteiger partial charge < -0.3 is 15.4 Å². The maximum absolute atomic E-state index is 12.9. The van der Waals surface area contributed by atoms with Crippen LogP contribution in [0.5, 0.6) is 0 Å². The highest BCUT2D eigenvalue weighted by Gasteiger charge is 2.09. The average Bonchev–Trinajstić information content (AvgIpc) is 2.69. The summed E-state index contributed by atoms with van der Waals surface area (Å²) in [6.07, 6.45) is 0. The third-order valence-corrected chi connectivity index (χ3v) is 3.57. The van der Waals surface area contributed by atoms with E-state index in [9.17, 15) is 14.0 Å². The van der Waals surface area contributed by atoms with Gasteiger partial charge in [0.15, 0.2) is 11.6 Å². The van der Waals surface area contributed by atoms with E-state index in [-0.39, 0.29) is 5.82 Å². The molecule has 3 rings (SSSR count).